The van der Waals surface area contributed by atoms with Crippen molar-refractivity contribution >= 4 is 11.6 Å². The third kappa shape index (κ3) is 3.14. The number of benzene rings is 1. The Balaban J connectivity index is 2.14. The first kappa shape index (κ1) is 14.0. The maximum atomic E-state index is 13.6. The minimum absolute atomic E-state index is 0.000424. The molecule has 0 bridgehead atoms. The molecule has 1 aromatic carbocycles. The van der Waals surface area contributed by atoms with Crippen LogP contribution in [0.15, 0.2) is 30.3 Å². The van der Waals surface area contributed by atoms with E-state index in [9.17, 15) is 8.78 Å². The molecule has 0 fully saturated rings. The van der Waals surface area contributed by atoms with Gasteiger partial charge in [-0.3, -0.25) is 0 Å². The van der Waals surface area contributed by atoms with Crippen LogP contribution in [0.1, 0.15) is 5.56 Å². The summed E-state index contributed by atoms with van der Waals surface area (Å²) in [5.41, 5.74) is 0.904. The van der Waals surface area contributed by atoms with E-state index < -0.39 is 11.6 Å². The molecule has 0 radical (unpaired) electrons. The molecule has 0 aliphatic carbocycles. The molecule has 2 rings (SSSR count). The van der Waals surface area contributed by atoms with Crippen LogP contribution in [0, 0.1) is 11.6 Å². The first-order chi connectivity index (χ1) is 9.63. The van der Waals surface area contributed by atoms with Crippen molar-refractivity contribution in [1.82, 2.24) is 4.98 Å². The van der Waals surface area contributed by atoms with E-state index in [2.05, 4.69) is 15.6 Å². The van der Waals surface area contributed by atoms with Crippen LogP contribution in [0.25, 0.3) is 0 Å². The number of ether oxygens (including phenoxy) is 1. The number of hydrogen-bond donors (Lipinski definition) is 2. The summed E-state index contributed by atoms with van der Waals surface area (Å²) in [5.74, 6) is -0.743. The second kappa shape index (κ2) is 6.18. The summed E-state index contributed by atoms with van der Waals surface area (Å²) in [6, 6.07) is 8.15. The van der Waals surface area contributed by atoms with Gasteiger partial charge in [0.05, 0.1) is 7.11 Å². The fraction of sp³-hybridized carbons (Fsp3) is 0.214. The van der Waals surface area contributed by atoms with Gasteiger partial charge in [0.1, 0.15) is 5.75 Å². The van der Waals surface area contributed by atoms with Gasteiger partial charge in [-0.05, 0) is 17.7 Å². The predicted octanol–water partition coefficient (Wildman–Crippen LogP) is 3.02. The summed E-state index contributed by atoms with van der Waals surface area (Å²) in [5, 5.41) is 5.40. The largest absolute Gasteiger partial charge is 0.497 e. The van der Waals surface area contributed by atoms with Gasteiger partial charge in [-0.1, -0.05) is 12.1 Å². The van der Waals surface area contributed by atoms with Crippen molar-refractivity contribution in [3.8, 4) is 5.75 Å². The molecule has 0 unspecified atom stereocenters. The maximum Gasteiger partial charge on any atom is 0.168 e. The molecule has 0 amide bonds. The van der Waals surface area contributed by atoms with E-state index in [-0.39, 0.29) is 11.6 Å². The maximum absolute atomic E-state index is 13.6. The van der Waals surface area contributed by atoms with Crippen molar-refractivity contribution in [2.45, 2.75) is 6.54 Å². The topological polar surface area (TPSA) is 46.2 Å². The van der Waals surface area contributed by atoms with Crippen LogP contribution in [0.5, 0.6) is 5.75 Å². The number of rotatable bonds is 5. The van der Waals surface area contributed by atoms with Gasteiger partial charge < -0.3 is 15.4 Å². The highest BCUT2D eigenvalue weighted by molar-refractivity contribution is 5.47. The molecule has 1 heterocycles. The minimum atomic E-state index is -0.732. The Hall–Kier alpha value is -2.37. The molecular formula is C14H15F2N3O. The molecular weight excluding hydrogens is 264 g/mol. The minimum Gasteiger partial charge on any atom is -0.497 e. The molecule has 0 aliphatic heterocycles. The van der Waals surface area contributed by atoms with Crippen molar-refractivity contribution in [2.24, 2.45) is 0 Å². The Morgan fingerprint density at radius 2 is 1.90 bits per heavy atom. The first-order valence-corrected chi connectivity index (χ1v) is 6.04. The molecule has 20 heavy (non-hydrogen) atoms. The van der Waals surface area contributed by atoms with Crippen molar-refractivity contribution in [3.63, 3.8) is 0 Å². The number of anilines is 2. The van der Waals surface area contributed by atoms with Gasteiger partial charge in [-0.2, -0.15) is 0 Å². The zero-order valence-electron chi connectivity index (χ0n) is 11.2. The van der Waals surface area contributed by atoms with E-state index in [1.165, 1.54) is 7.05 Å². The number of methoxy groups -OCH3 is 1. The summed E-state index contributed by atoms with van der Waals surface area (Å²) in [7, 11) is 3.10. The van der Waals surface area contributed by atoms with Crippen LogP contribution in [-0.4, -0.2) is 19.1 Å². The van der Waals surface area contributed by atoms with Gasteiger partial charge in [0, 0.05) is 19.7 Å². The average Bonchev–Trinajstić information content (AvgIpc) is 2.46. The number of aromatic nitrogens is 1. The third-order valence-corrected chi connectivity index (χ3v) is 2.76. The summed E-state index contributed by atoms with van der Waals surface area (Å²) in [6.07, 6.45) is 0. The van der Waals surface area contributed by atoms with Gasteiger partial charge in [0.25, 0.3) is 0 Å². The molecule has 0 aliphatic rings. The van der Waals surface area contributed by atoms with Crippen LogP contribution in [0.3, 0.4) is 0 Å². The van der Waals surface area contributed by atoms with E-state index in [1.807, 2.05) is 24.3 Å². The van der Waals surface area contributed by atoms with Crippen molar-refractivity contribution < 1.29 is 13.5 Å². The second-order valence-corrected chi connectivity index (χ2v) is 4.10. The standard InChI is InChI=1S/C14H15F2N3O/c1-17-13-11(15)7-12(16)14(19-13)18-8-9-4-3-5-10(6-9)20-2/h3-7H,8H2,1-2H3,(H2,17,18,19). The molecule has 0 saturated carbocycles. The number of halogens is 2. The predicted molar refractivity (Wildman–Crippen MR) is 74.0 cm³/mol. The number of pyridine rings is 1. The van der Waals surface area contributed by atoms with Gasteiger partial charge >= 0.3 is 0 Å². The smallest absolute Gasteiger partial charge is 0.168 e. The van der Waals surface area contributed by atoms with E-state index in [0.29, 0.717) is 12.3 Å². The Kier molecular flexibility index (Phi) is 4.34. The summed E-state index contributed by atoms with van der Waals surface area (Å²) in [6.45, 7) is 0.357. The van der Waals surface area contributed by atoms with Gasteiger partial charge in [-0.15, -0.1) is 0 Å². The summed E-state index contributed by atoms with van der Waals surface area (Å²) < 4.78 is 32.0. The molecule has 1 aromatic heterocycles. The molecule has 2 aromatic rings. The number of hydrogen-bond acceptors (Lipinski definition) is 4. The van der Waals surface area contributed by atoms with Crippen LogP contribution in [0.2, 0.25) is 0 Å². The molecule has 2 N–H and O–H groups in total. The summed E-state index contributed by atoms with van der Waals surface area (Å²) in [4.78, 5) is 3.84. The number of nitrogens with one attached hydrogen (secondary N) is 2. The Labute approximate surface area is 115 Å². The molecule has 0 atom stereocenters. The lowest BCUT2D eigenvalue weighted by Gasteiger charge is -2.10. The first-order valence-electron chi connectivity index (χ1n) is 6.04. The highest BCUT2D eigenvalue weighted by atomic mass is 19.1. The van der Waals surface area contributed by atoms with Gasteiger partial charge in [0.15, 0.2) is 23.3 Å². The molecule has 6 heteroatoms. The Morgan fingerprint density at radius 1 is 1.15 bits per heavy atom. The van der Waals surface area contributed by atoms with E-state index >= 15 is 0 Å². The fourth-order valence-electron chi connectivity index (χ4n) is 1.73. The quantitative estimate of drug-likeness (QED) is 0.883. The lowest BCUT2D eigenvalue weighted by molar-refractivity contribution is 0.414. The highest BCUT2D eigenvalue weighted by Gasteiger charge is 2.10. The van der Waals surface area contributed by atoms with Crippen molar-refractivity contribution in [2.75, 3.05) is 24.8 Å². The Morgan fingerprint density at radius 3 is 2.60 bits per heavy atom. The van der Waals surface area contributed by atoms with Crippen molar-refractivity contribution in [3.05, 3.63) is 47.5 Å². The van der Waals surface area contributed by atoms with Crippen LogP contribution < -0.4 is 15.4 Å². The monoisotopic (exact) mass is 279 g/mol. The van der Waals surface area contributed by atoms with Crippen LogP contribution >= 0.6 is 0 Å². The van der Waals surface area contributed by atoms with Crippen LogP contribution in [-0.2, 0) is 6.54 Å². The Bertz CT molecular complexity index is 605. The van der Waals surface area contributed by atoms with Crippen LogP contribution in [0.4, 0.5) is 20.4 Å². The zero-order valence-corrected chi connectivity index (χ0v) is 11.2. The lowest BCUT2D eigenvalue weighted by atomic mass is 10.2. The molecule has 4 nitrogen and oxygen atoms in total. The molecule has 106 valence electrons. The zero-order chi connectivity index (χ0) is 14.5. The number of nitrogens with zero attached hydrogens (tertiary/aromatic N) is 1. The van der Waals surface area contributed by atoms with E-state index in [1.54, 1.807) is 7.11 Å². The average molecular weight is 279 g/mol. The van der Waals surface area contributed by atoms with E-state index in [4.69, 9.17) is 4.74 Å². The third-order valence-electron chi connectivity index (χ3n) is 2.76. The van der Waals surface area contributed by atoms with Gasteiger partial charge in [0.2, 0.25) is 0 Å². The SMILES string of the molecule is CNc1nc(NCc2cccc(OC)c2)c(F)cc1F. The lowest BCUT2D eigenvalue weighted by Crippen LogP contribution is -2.07. The second-order valence-electron chi connectivity index (χ2n) is 4.10. The van der Waals surface area contributed by atoms with Gasteiger partial charge in [-0.25, -0.2) is 13.8 Å². The molecule has 0 spiro atoms. The summed E-state index contributed by atoms with van der Waals surface area (Å²) >= 11 is 0. The molecule has 0 saturated heterocycles. The normalized spacial score (nSPS) is 10.2. The van der Waals surface area contributed by atoms with E-state index in [0.717, 1.165) is 11.6 Å². The highest BCUT2D eigenvalue weighted by Crippen LogP contribution is 2.20. The van der Waals surface area contributed by atoms with Crippen molar-refractivity contribution in [1.29, 1.82) is 0 Å². The fourth-order valence-corrected chi connectivity index (χ4v) is 1.73.